The van der Waals surface area contributed by atoms with Gasteiger partial charge in [-0.15, -0.1) is 0 Å². The minimum atomic E-state index is -0.625. The third kappa shape index (κ3) is 4.47. The predicted octanol–water partition coefficient (Wildman–Crippen LogP) is 2.43. The molecule has 0 N–H and O–H groups in total. The fraction of sp³-hybridized carbons (Fsp3) is 0.259. The lowest BCUT2D eigenvalue weighted by atomic mass is 10.1. The van der Waals surface area contributed by atoms with E-state index in [0.717, 1.165) is 0 Å². The second-order valence-electron chi connectivity index (χ2n) is 8.84. The lowest BCUT2D eigenvalue weighted by Crippen LogP contribution is -2.53. The van der Waals surface area contributed by atoms with Crippen LogP contribution in [0.4, 0.5) is 0 Å². The van der Waals surface area contributed by atoms with Crippen LogP contribution < -0.4 is 10.3 Å². The largest absolute Gasteiger partial charge is 0.481 e. The Kier molecular flexibility index (Phi) is 6.28. The van der Waals surface area contributed by atoms with Crippen LogP contribution in [-0.2, 0) is 11.8 Å². The van der Waals surface area contributed by atoms with Gasteiger partial charge in [0.25, 0.3) is 17.4 Å². The van der Waals surface area contributed by atoms with Gasteiger partial charge in [-0.2, -0.15) is 9.78 Å². The van der Waals surface area contributed by atoms with Crippen molar-refractivity contribution in [3.8, 4) is 22.7 Å². The van der Waals surface area contributed by atoms with Gasteiger partial charge in [0, 0.05) is 45.6 Å². The Morgan fingerprint density at radius 2 is 1.50 bits per heavy atom. The summed E-state index contributed by atoms with van der Waals surface area (Å²) in [6, 6.07) is 18.4. The van der Waals surface area contributed by atoms with Gasteiger partial charge in [-0.3, -0.25) is 14.4 Å². The first kappa shape index (κ1) is 23.3. The number of aromatic nitrogens is 3. The summed E-state index contributed by atoms with van der Waals surface area (Å²) in [5.41, 5.74) is 1.48. The molecule has 184 valence electrons. The standard InChI is InChI=1S/C27H27N5O4/c1-19(36-21-11-7-4-8-12-21)25(33)30-13-15-31(16-14-30)26(34)22-17-29(2)18-23-24(22)28-32(27(23)35)20-9-5-3-6-10-20/h3-12,17-19H,13-16H2,1-2H3/t19-/m0/s1. The van der Waals surface area contributed by atoms with Crippen molar-refractivity contribution in [2.75, 3.05) is 26.2 Å². The number of hydrogen-bond donors (Lipinski definition) is 0. The summed E-state index contributed by atoms with van der Waals surface area (Å²) >= 11 is 0. The first-order valence-corrected chi connectivity index (χ1v) is 11.9. The van der Waals surface area contributed by atoms with Gasteiger partial charge in [0.05, 0.1) is 16.8 Å². The van der Waals surface area contributed by atoms with Gasteiger partial charge in [-0.05, 0) is 31.2 Å². The van der Waals surface area contributed by atoms with Crippen LogP contribution in [0.3, 0.4) is 0 Å². The van der Waals surface area contributed by atoms with E-state index in [1.807, 2.05) is 48.5 Å². The Morgan fingerprint density at radius 1 is 0.889 bits per heavy atom. The predicted molar refractivity (Wildman–Crippen MR) is 134 cm³/mol. The number of rotatable bonds is 5. The van der Waals surface area contributed by atoms with Crippen molar-refractivity contribution >= 4 is 11.8 Å². The topological polar surface area (TPSA) is 89.7 Å². The SMILES string of the molecule is C[C@H](Oc1ccccc1)C(=O)N1CCN(C(=O)c2cn(C)cc3c(=O)n(-c4ccccc4)nc2-3)CC1. The first-order chi connectivity index (χ1) is 17.4. The number of amides is 2. The normalized spacial score (nSPS) is 14.6. The molecule has 2 amide bonds. The van der Waals surface area contributed by atoms with Crippen molar-refractivity contribution in [2.45, 2.75) is 13.0 Å². The van der Waals surface area contributed by atoms with Crippen molar-refractivity contribution in [3.05, 3.63) is 89.0 Å². The number of carbonyl (C=O) groups is 2. The number of carbonyl (C=O) groups excluding carboxylic acids is 2. The Hall–Kier alpha value is -4.40. The summed E-state index contributed by atoms with van der Waals surface area (Å²) in [4.78, 5) is 42.9. The monoisotopic (exact) mass is 485 g/mol. The molecule has 0 spiro atoms. The van der Waals surface area contributed by atoms with Crippen LogP contribution >= 0.6 is 0 Å². The second-order valence-corrected chi connectivity index (χ2v) is 8.84. The van der Waals surface area contributed by atoms with E-state index >= 15 is 0 Å². The summed E-state index contributed by atoms with van der Waals surface area (Å²) < 4.78 is 8.80. The highest BCUT2D eigenvalue weighted by atomic mass is 16.5. The van der Waals surface area contributed by atoms with Crippen LogP contribution in [0.5, 0.6) is 5.75 Å². The number of nitrogens with zero attached hydrogens (tertiary/aromatic N) is 5. The zero-order valence-electron chi connectivity index (χ0n) is 20.2. The van der Waals surface area contributed by atoms with E-state index in [4.69, 9.17) is 4.74 Å². The molecule has 0 bridgehead atoms. The van der Waals surface area contributed by atoms with Crippen LogP contribution in [0.2, 0.25) is 0 Å². The Morgan fingerprint density at radius 3 is 2.17 bits per heavy atom. The molecular formula is C27H27N5O4. The van der Waals surface area contributed by atoms with Gasteiger partial charge in [-0.25, -0.2) is 0 Å². The summed E-state index contributed by atoms with van der Waals surface area (Å²) in [5.74, 6) is 0.312. The van der Waals surface area contributed by atoms with Crippen LogP contribution in [-0.4, -0.2) is 68.2 Å². The average Bonchev–Trinajstić information content (AvgIpc) is 3.24. The van der Waals surface area contributed by atoms with Gasteiger partial charge < -0.3 is 19.1 Å². The minimum Gasteiger partial charge on any atom is -0.481 e. The number of hydrogen-bond acceptors (Lipinski definition) is 5. The van der Waals surface area contributed by atoms with E-state index in [1.54, 1.807) is 52.9 Å². The summed E-state index contributed by atoms with van der Waals surface area (Å²) in [7, 11) is 1.78. The van der Waals surface area contributed by atoms with Crippen molar-refractivity contribution in [3.63, 3.8) is 0 Å². The van der Waals surface area contributed by atoms with Gasteiger partial charge in [0.2, 0.25) is 0 Å². The fourth-order valence-corrected chi connectivity index (χ4v) is 4.45. The molecule has 9 heteroatoms. The van der Waals surface area contributed by atoms with Crippen LogP contribution in [0.1, 0.15) is 17.3 Å². The van der Waals surface area contributed by atoms with Gasteiger partial charge in [-0.1, -0.05) is 36.4 Å². The second kappa shape index (κ2) is 9.69. The average molecular weight is 486 g/mol. The molecule has 5 rings (SSSR count). The summed E-state index contributed by atoms with van der Waals surface area (Å²) in [6.45, 7) is 3.30. The molecule has 9 nitrogen and oxygen atoms in total. The molecule has 0 radical (unpaired) electrons. The molecule has 1 fully saturated rings. The molecular weight excluding hydrogens is 458 g/mol. The minimum absolute atomic E-state index is 0.114. The third-order valence-electron chi connectivity index (χ3n) is 6.31. The smallest absolute Gasteiger partial charge is 0.282 e. The van der Waals surface area contributed by atoms with Crippen molar-refractivity contribution < 1.29 is 14.3 Å². The number of para-hydroxylation sites is 2. The quantitative estimate of drug-likeness (QED) is 0.433. The van der Waals surface area contributed by atoms with E-state index in [9.17, 15) is 14.4 Å². The molecule has 0 aliphatic carbocycles. The van der Waals surface area contributed by atoms with E-state index in [2.05, 4.69) is 5.10 Å². The molecule has 0 unspecified atom stereocenters. The molecule has 0 aromatic heterocycles. The third-order valence-corrected chi connectivity index (χ3v) is 6.31. The lowest BCUT2D eigenvalue weighted by molar-refractivity contribution is -0.139. The maximum atomic E-state index is 13.5. The van der Waals surface area contributed by atoms with Crippen molar-refractivity contribution in [1.82, 2.24) is 24.1 Å². The molecule has 3 heterocycles. The fourth-order valence-electron chi connectivity index (χ4n) is 4.45. The highest BCUT2D eigenvalue weighted by Crippen LogP contribution is 2.24. The molecule has 1 atom stereocenters. The Bertz CT molecular complexity index is 1410. The molecule has 2 aromatic rings. The number of piperazine rings is 1. The van der Waals surface area contributed by atoms with E-state index in [-0.39, 0.29) is 17.4 Å². The molecule has 1 saturated heterocycles. The molecule has 3 aliphatic heterocycles. The Balaban J connectivity index is 1.31. The van der Waals surface area contributed by atoms with E-state index < -0.39 is 6.10 Å². The van der Waals surface area contributed by atoms with Crippen LogP contribution in [0.15, 0.2) is 77.9 Å². The maximum Gasteiger partial charge on any atom is 0.282 e. The van der Waals surface area contributed by atoms with E-state index in [0.29, 0.717) is 54.4 Å². The molecule has 2 aromatic carbocycles. The van der Waals surface area contributed by atoms with Crippen molar-refractivity contribution in [1.29, 1.82) is 0 Å². The molecule has 0 saturated carbocycles. The number of pyridine rings is 1. The van der Waals surface area contributed by atoms with Crippen molar-refractivity contribution in [2.24, 2.45) is 7.05 Å². The highest BCUT2D eigenvalue weighted by molar-refractivity contribution is 6.00. The van der Waals surface area contributed by atoms with E-state index in [1.165, 1.54) is 4.68 Å². The van der Waals surface area contributed by atoms with Gasteiger partial charge in [0.1, 0.15) is 11.4 Å². The Labute approximate surface area is 208 Å². The number of benzene rings is 2. The van der Waals surface area contributed by atoms with Gasteiger partial charge >= 0.3 is 0 Å². The maximum absolute atomic E-state index is 13.5. The summed E-state index contributed by atoms with van der Waals surface area (Å²) in [6.07, 6.45) is 2.76. The number of fused-ring (bicyclic) bond motifs is 1. The zero-order chi connectivity index (χ0) is 25.2. The molecule has 3 aliphatic rings. The van der Waals surface area contributed by atoms with Crippen LogP contribution in [0.25, 0.3) is 16.9 Å². The van der Waals surface area contributed by atoms with Crippen LogP contribution in [0, 0.1) is 0 Å². The first-order valence-electron chi connectivity index (χ1n) is 11.9. The zero-order valence-corrected chi connectivity index (χ0v) is 20.2. The highest BCUT2D eigenvalue weighted by Gasteiger charge is 2.31. The number of aryl methyl sites for hydroxylation is 1. The number of ether oxygens (including phenoxy) is 1. The van der Waals surface area contributed by atoms with Gasteiger partial charge in [0.15, 0.2) is 6.10 Å². The lowest BCUT2D eigenvalue weighted by Gasteiger charge is -2.36. The summed E-state index contributed by atoms with van der Waals surface area (Å²) in [5, 5.41) is 4.51. The molecule has 36 heavy (non-hydrogen) atoms.